The first-order valence-corrected chi connectivity index (χ1v) is 7.25. The third kappa shape index (κ3) is 4.65. The number of nitrogens with two attached hydrogens (primary N) is 1. The normalized spacial score (nSPS) is 10.2. The number of nitrogens with one attached hydrogen (secondary N) is 2. The van der Waals surface area contributed by atoms with Crippen LogP contribution in [0.1, 0.15) is 22.6 Å². The van der Waals surface area contributed by atoms with Crippen molar-refractivity contribution in [2.45, 2.75) is 12.8 Å². The molecule has 4 N–H and O–H groups in total. The van der Waals surface area contributed by atoms with Gasteiger partial charge in [0.1, 0.15) is 0 Å². The monoisotopic (exact) mass is 333 g/mol. The van der Waals surface area contributed by atoms with Crippen molar-refractivity contribution in [3.8, 4) is 0 Å². The van der Waals surface area contributed by atoms with Crippen LogP contribution >= 0.6 is 11.6 Å². The number of rotatable bonds is 5. The molecule has 2 heterocycles. The molecule has 0 fully saturated rings. The van der Waals surface area contributed by atoms with Gasteiger partial charge in [0.25, 0.3) is 5.91 Å². The van der Waals surface area contributed by atoms with E-state index in [2.05, 4.69) is 20.6 Å². The van der Waals surface area contributed by atoms with Gasteiger partial charge in [-0.1, -0.05) is 11.6 Å². The minimum Gasteiger partial charge on any atom is -0.397 e. The molecule has 0 spiro atoms. The highest BCUT2D eigenvalue weighted by Gasteiger charge is 2.12. The molecule has 2 aromatic heterocycles. The van der Waals surface area contributed by atoms with Crippen LogP contribution in [0.2, 0.25) is 5.02 Å². The number of hydrogen-bond acceptors (Lipinski definition) is 5. The molecule has 0 saturated heterocycles. The molecule has 8 heteroatoms. The third-order valence-corrected chi connectivity index (χ3v) is 3.27. The molecule has 0 aliphatic rings. The van der Waals surface area contributed by atoms with Gasteiger partial charge < -0.3 is 16.4 Å². The predicted octanol–water partition coefficient (Wildman–Crippen LogP) is 1.64. The molecular formula is C15H16ClN5O2. The molecule has 23 heavy (non-hydrogen) atoms. The summed E-state index contributed by atoms with van der Waals surface area (Å²) < 4.78 is 0. The fourth-order valence-corrected chi connectivity index (χ4v) is 2.06. The van der Waals surface area contributed by atoms with Crippen molar-refractivity contribution in [2.24, 2.45) is 0 Å². The average Bonchev–Trinajstić information content (AvgIpc) is 2.52. The maximum absolute atomic E-state index is 12.2. The predicted molar refractivity (Wildman–Crippen MR) is 88.2 cm³/mol. The minimum absolute atomic E-state index is 0.0700. The van der Waals surface area contributed by atoms with Crippen LogP contribution in [0, 0.1) is 0 Å². The van der Waals surface area contributed by atoms with Crippen molar-refractivity contribution in [2.75, 3.05) is 18.1 Å². The summed E-state index contributed by atoms with van der Waals surface area (Å²) in [5.74, 6) is -0.512. The van der Waals surface area contributed by atoms with E-state index in [1.54, 1.807) is 25.4 Å². The van der Waals surface area contributed by atoms with Gasteiger partial charge in [-0.05, 0) is 24.6 Å². The Labute approximate surface area is 138 Å². The van der Waals surface area contributed by atoms with Gasteiger partial charge in [-0.2, -0.15) is 0 Å². The Balaban J connectivity index is 2.07. The first-order valence-electron chi connectivity index (χ1n) is 6.87. The molecule has 2 aromatic rings. The van der Waals surface area contributed by atoms with Gasteiger partial charge in [-0.15, -0.1) is 0 Å². The lowest BCUT2D eigenvalue weighted by Crippen LogP contribution is -2.18. The fraction of sp³-hybridized carbons (Fsp3) is 0.200. The summed E-state index contributed by atoms with van der Waals surface area (Å²) >= 11 is 5.76. The Bertz CT molecular complexity index is 736. The van der Waals surface area contributed by atoms with Crippen molar-refractivity contribution in [3.63, 3.8) is 0 Å². The third-order valence-electron chi connectivity index (χ3n) is 3.06. The lowest BCUT2D eigenvalue weighted by molar-refractivity contribution is -0.120. The number of hydrogen-bond donors (Lipinski definition) is 3. The molecule has 0 aliphatic heterocycles. The number of carbonyl (C=O) groups is 2. The molecule has 0 radical (unpaired) electrons. The first kappa shape index (κ1) is 16.7. The van der Waals surface area contributed by atoms with Crippen LogP contribution in [0.4, 0.5) is 11.4 Å². The molecule has 0 atom stereocenters. The van der Waals surface area contributed by atoms with E-state index in [0.717, 1.165) is 0 Å². The lowest BCUT2D eigenvalue weighted by Gasteiger charge is -2.08. The zero-order valence-electron chi connectivity index (χ0n) is 12.5. The number of carbonyl (C=O) groups excluding carboxylic acids is 2. The van der Waals surface area contributed by atoms with E-state index in [9.17, 15) is 9.59 Å². The topological polar surface area (TPSA) is 110 Å². The number of nitrogens with zero attached hydrogens (tertiary/aromatic N) is 2. The minimum atomic E-state index is -0.442. The SMILES string of the molecule is CNC(=O)CCc1cc(NC(=O)c2ncc(Cl)cc2N)ccn1. The zero-order chi connectivity index (χ0) is 16.8. The molecule has 0 aliphatic carbocycles. The maximum atomic E-state index is 12.2. The molecule has 0 unspecified atom stereocenters. The molecule has 0 bridgehead atoms. The Morgan fingerprint density at radius 3 is 2.78 bits per heavy atom. The van der Waals surface area contributed by atoms with Gasteiger partial charge in [-0.3, -0.25) is 14.6 Å². The number of nitrogen functional groups attached to an aromatic ring is 1. The van der Waals surface area contributed by atoms with Crippen LogP contribution in [0.5, 0.6) is 0 Å². The Kier molecular flexibility index (Phi) is 5.48. The summed E-state index contributed by atoms with van der Waals surface area (Å²) in [6.45, 7) is 0. The molecular weight excluding hydrogens is 318 g/mol. The van der Waals surface area contributed by atoms with Gasteiger partial charge in [0.2, 0.25) is 5.91 Å². The van der Waals surface area contributed by atoms with E-state index in [1.807, 2.05) is 0 Å². The van der Waals surface area contributed by atoms with Crippen molar-refractivity contribution >= 4 is 34.8 Å². The zero-order valence-corrected chi connectivity index (χ0v) is 13.2. The van der Waals surface area contributed by atoms with Crippen LogP contribution in [0.15, 0.2) is 30.6 Å². The van der Waals surface area contributed by atoms with Crippen molar-refractivity contribution in [1.82, 2.24) is 15.3 Å². The molecule has 0 saturated carbocycles. The van der Waals surface area contributed by atoms with Gasteiger partial charge in [0.15, 0.2) is 5.69 Å². The largest absolute Gasteiger partial charge is 0.397 e. The lowest BCUT2D eigenvalue weighted by atomic mass is 10.2. The number of amides is 2. The van der Waals surface area contributed by atoms with E-state index >= 15 is 0 Å². The van der Waals surface area contributed by atoms with E-state index in [0.29, 0.717) is 29.2 Å². The highest BCUT2D eigenvalue weighted by molar-refractivity contribution is 6.30. The quantitative estimate of drug-likeness (QED) is 0.770. The summed E-state index contributed by atoms with van der Waals surface area (Å²) in [6, 6.07) is 4.81. The first-order chi connectivity index (χ1) is 11.0. The van der Waals surface area contributed by atoms with Gasteiger partial charge >= 0.3 is 0 Å². The highest BCUT2D eigenvalue weighted by Crippen LogP contribution is 2.17. The summed E-state index contributed by atoms with van der Waals surface area (Å²) in [7, 11) is 1.58. The Hall–Kier alpha value is -2.67. The van der Waals surface area contributed by atoms with E-state index < -0.39 is 5.91 Å². The standard InChI is InChI=1S/C15H16ClN5O2/c1-18-13(22)3-2-10-7-11(4-5-19-10)21-15(23)14-12(17)6-9(16)8-20-14/h4-8H,2-3,17H2,1H3,(H,18,22)(H,19,21,23). The van der Waals surface area contributed by atoms with E-state index in [-0.39, 0.29) is 17.3 Å². The number of aryl methyl sites for hydroxylation is 1. The van der Waals surface area contributed by atoms with E-state index in [4.69, 9.17) is 17.3 Å². The number of aromatic nitrogens is 2. The Morgan fingerprint density at radius 2 is 2.09 bits per heavy atom. The second-order valence-corrected chi connectivity index (χ2v) is 5.19. The molecule has 2 rings (SSSR count). The van der Waals surface area contributed by atoms with Crippen LogP contribution in [0.25, 0.3) is 0 Å². The fourth-order valence-electron chi connectivity index (χ4n) is 1.89. The number of halogens is 1. The second-order valence-electron chi connectivity index (χ2n) is 4.75. The van der Waals surface area contributed by atoms with Crippen molar-refractivity contribution in [3.05, 3.63) is 47.0 Å². The Morgan fingerprint density at radius 1 is 1.30 bits per heavy atom. The molecule has 7 nitrogen and oxygen atoms in total. The number of pyridine rings is 2. The molecule has 0 aromatic carbocycles. The number of anilines is 2. The smallest absolute Gasteiger partial charge is 0.276 e. The summed E-state index contributed by atoms with van der Waals surface area (Å²) in [5.41, 5.74) is 7.28. The summed E-state index contributed by atoms with van der Waals surface area (Å²) in [4.78, 5) is 31.5. The highest BCUT2D eigenvalue weighted by atomic mass is 35.5. The van der Waals surface area contributed by atoms with Gasteiger partial charge in [-0.25, -0.2) is 4.98 Å². The van der Waals surface area contributed by atoms with Crippen LogP contribution in [0.3, 0.4) is 0 Å². The van der Waals surface area contributed by atoms with Crippen LogP contribution in [-0.4, -0.2) is 28.8 Å². The van der Waals surface area contributed by atoms with Crippen molar-refractivity contribution in [1.29, 1.82) is 0 Å². The maximum Gasteiger partial charge on any atom is 0.276 e. The van der Waals surface area contributed by atoms with Gasteiger partial charge in [0, 0.05) is 37.2 Å². The summed E-state index contributed by atoms with van der Waals surface area (Å²) in [6.07, 6.45) is 3.72. The van der Waals surface area contributed by atoms with Gasteiger partial charge in [0.05, 0.1) is 10.7 Å². The summed E-state index contributed by atoms with van der Waals surface area (Å²) in [5, 5.41) is 5.60. The van der Waals surface area contributed by atoms with Crippen LogP contribution < -0.4 is 16.4 Å². The average molecular weight is 334 g/mol. The van der Waals surface area contributed by atoms with Crippen LogP contribution in [-0.2, 0) is 11.2 Å². The second kappa shape index (κ2) is 7.55. The molecule has 120 valence electrons. The van der Waals surface area contributed by atoms with Crippen molar-refractivity contribution < 1.29 is 9.59 Å². The molecule has 2 amide bonds. The van der Waals surface area contributed by atoms with E-state index in [1.165, 1.54) is 12.3 Å².